The molecule has 0 radical (unpaired) electrons. The minimum Gasteiger partial charge on any atom is -0.465 e. The van der Waals surface area contributed by atoms with Crippen LogP contribution in [0.2, 0.25) is 0 Å². The number of carbonyl (C=O) groups excluding carboxylic acids is 1. The first kappa shape index (κ1) is 30.5. The molecule has 0 bridgehead atoms. The van der Waals surface area contributed by atoms with Crippen LogP contribution in [-0.2, 0) is 9.53 Å². The van der Waals surface area contributed by atoms with Gasteiger partial charge >= 0.3 is 5.97 Å². The molecule has 0 saturated heterocycles. The van der Waals surface area contributed by atoms with Gasteiger partial charge in [-0.2, -0.15) is 0 Å². The molecule has 0 aliphatic heterocycles. The van der Waals surface area contributed by atoms with Gasteiger partial charge in [-0.05, 0) is 57.8 Å². The summed E-state index contributed by atoms with van der Waals surface area (Å²) in [5.41, 5.74) is -0.374. The molecule has 0 aromatic heterocycles. The summed E-state index contributed by atoms with van der Waals surface area (Å²) in [4.78, 5) is 11.7. The number of esters is 1. The standard InChI is InChI=1S/C30H58O3/c1-26(22-23-31)28-25-27(28)21-19-17-15-13-11-9-7-5-6-8-10-12-14-16-18-20-24-33-29(32)30(2,3)4/h26-28,31H,5-25H2,1-4H3/t26-,27+,28+/m0/s1. The third-order valence-corrected chi connectivity index (χ3v) is 7.61. The highest BCUT2D eigenvalue weighted by Gasteiger charge is 2.39. The molecular weight excluding hydrogens is 408 g/mol. The number of carbonyl (C=O) groups is 1. The van der Waals surface area contributed by atoms with E-state index in [2.05, 4.69) is 6.92 Å². The number of hydrogen-bond acceptors (Lipinski definition) is 3. The summed E-state index contributed by atoms with van der Waals surface area (Å²) in [6.45, 7) is 8.99. The van der Waals surface area contributed by atoms with Crippen LogP contribution in [0.1, 0.15) is 150 Å². The molecule has 1 aliphatic rings. The van der Waals surface area contributed by atoms with Crippen LogP contribution in [0, 0.1) is 23.2 Å². The van der Waals surface area contributed by atoms with Crippen LogP contribution >= 0.6 is 0 Å². The quantitative estimate of drug-likeness (QED) is 0.128. The van der Waals surface area contributed by atoms with E-state index in [0.29, 0.717) is 13.2 Å². The number of aliphatic hydroxyl groups is 1. The molecule has 0 aromatic rings. The molecule has 0 amide bonds. The van der Waals surface area contributed by atoms with E-state index in [9.17, 15) is 4.79 Å². The summed E-state index contributed by atoms with van der Waals surface area (Å²) in [5, 5.41) is 9.06. The first-order chi connectivity index (χ1) is 15.9. The Morgan fingerprint density at radius 1 is 0.788 bits per heavy atom. The van der Waals surface area contributed by atoms with Crippen LogP contribution in [0.4, 0.5) is 0 Å². The summed E-state index contributed by atoms with van der Waals surface area (Å²) < 4.78 is 5.31. The normalized spacial score (nSPS) is 18.9. The number of unbranched alkanes of at least 4 members (excludes halogenated alkanes) is 15. The Morgan fingerprint density at radius 3 is 1.64 bits per heavy atom. The number of rotatable bonds is 22. The Balaban J connectivity index is 1.70. The molecule has 0 spiro atoms. The molecule has 1 saturated carbocycles. The van der Waals surface area contributed by atoms with Gasteiger partial charge in [-0.1, -0.05) is 110 Å². The van der Waals surface area contributed by atoms with Crippen molar-refractivity contribution in [1.82, 2.24) is 0 Å². The maximum atomic E-state index is 11.7. The Morgan fingerprint density at radius 2 is 1.21 bits per heavy atom. The van der Waals surface area contributed by atoms with Gasteiger partial charge in [0.1, 0.15) is 0 Å². The third-order valence-electron chi connectivity index (χ3n) is 7.61. The fourth-order valence-corrected chi connectivity index (χ4v) is 5.08. The lowest BCUT2D eigenvalue weighted by Gasteiger charge is -2.16. The van der Waals surface area contributed by atoms with Crippen LogP contribution < -0.4 is 0 Å². The van der Waals surface area contributed by atoms with Gasteiger partial charge < -0.3 is 9.84 Å². The topological polar surface area (TPSA) is 46.5 Å². The average molecular weight is 467 g/mol. The molecule has 33 heavy (non-hydrogen) atoms. The van der Waals surface area contributed by atoms with Crippen molar-refractivity contribution in [3.63, 3.8) is 0 Å². The maximum Gasteiger partial charge on any atom is 0.311 e. The Kier molecular flexibility index (Phi) is 17.3. The minimum atomic E-state index is -0.374. The van der Waals surface area contributed by atoms with Gasteiger partial charge in [0, 0.05) is 6.61 Å². The zero-order valence-corrected chi connectivity index (χ0v) is 22.8. The van der Waals surface area contributed by atoms with Gasteiger partial charge in [-0.15, -0.1) is 0 Å². The molecule has 0 heterocycles. The fraction of sp³-hybridized carbons (Fsp3) is 0.967. The summed E-state index contributed by atoms with van der Waals surface area (Å²) in [6.07, 6.45) is 25.7. The van der Waals surface area contributed by atoms with Gasteiger partial charge in [0.05, 0.1) is 12.0 Å². The van der Waals surface area contributed by atoms with Crippen molar-refractivity contribution in [3.8, 4) is 0 Å². The second-order valence-electron chi connectivity index (χ2n) is 12.0. The lowest BCUT2D eigenvalue weighted by atomic mass is 9.97. The van der Waals surface area contributed by atoms with Gasteiger partial charge in [0.15, 0.2) is 0 Å². The summed E-state index contributed by atoms with van der Waals surface area (Å²) in [6, 6.07) is 0. The molecule has 1 fully saturated rings. The zero-order chi connectivity index (χ0) is 24.4. The van der Waals surface area contributed by atoms with Crippen molar-refractivity contribution in [2.24, 2.45) is 23.2 Å². The highest BCUT2D eigenvalue weighted by molar-refractivity contribution is 5.75. The molecule has 1 rings (SSSR count). The number of ether oxygens (including phenoxy) is 1. The van der Waals surface area contributed by atoms with E-state index in [-0.39, 0.29) is 11.4 Å². The maximum absolute atomic E-state index is 11.7. The first-order valence-corrected chi connectivity index (χ1v) is 14.6. The molecule has 0 aromatic carbocycles. The van der Waals surface area contributed by atoms with Gasteiger partial charge in [-0.3, -0.25) is 4.79 Å². The lowest BCUT2D eigenvalue weighted by molar-refractivity contribution is -0.153. The van der Waals surface area contributed by atoms with E-state index in [1.165, 1.54) is 109 Å². The van der Waals surface area contributed by atoms with Crippen molar-refractivity contribution in [2.45, 2.75) is 150 Å². The SMILES string of the molecule is C[C@@H](CCO)[C@H]1C[C@H]1CCCCCCCCCCCCCCCCCCOC(=O)C(C)(C)C. The molecule has 3 heteroatoms. The minimum absolute atomic E-state index is 0.0783. The molecule has 1 aliphatic carbocycles. The van der Waals surface area contributed by atoms with E-state index in [0.717, 1.165) is 30.6 Å². The fourth-order valence-electron chi connectivity index (χ4n) is 5.08. The Bertz CT molecular complexity index is 468. The molecule has 3 nitrogen and oxygen atoms in total. The second kappa shape index (κ2) is 18.7. The van der Waals surface area contributed by atoms with Gasteiger partial charge in [-0.25, -0.2) is 0 Å². The van der Waals surface area contributed by atoms with Crippen LogP contribution in [0.25, 0.3) is 0 Å². The van der Waals surface area contributed by atoms with Crippen LogP contribution in [0.5, 0.6) is 0 Å². The monoisotopic (exact) mass is 466 g/mol. The van der Waals surface area contributed by atoms with E-state index in [1.54, 1.807) is 0 Å². The Hall–Kier alpha value is -0.570. The van der Waals surface area contributed by atoms with Crippen LogP contribution in [0.15, 0.2) is 0 Å². The largest absolute Gasteiger partial charge is 0.465 e. The predicted molar refractivity (Wildman–Crippen MR) is 141 cm³/mol. The van der Waals surface area contributed by atoms with Crippen molar-refractivity contribution in [1.29, 1.82) is 0 Å². The average Bonchev–Trinajstić information content (AvgIpc) is 3.54. The Labute approximate surface area is 206 Å². The second-order valence-corrected chi connectivity index (χ2v) is 12.0. The first-order valence-electron chi connectivity index (χ1n) is 14.6. The zero-order valence-electron chi connectivity index (χ0n) is 22.8. The van der Waals surface area contributed by atoms with Crippen molar-refractivity contribution < 1.29 is 14.6 Å². The summed E-state index contributed by atoms with van der Waals surface area (Å²) in [7, 11) is 0. The molecule has 0 unspecified atom stereocenters. The molecular formula is C30H58O3. The smallest absolute Gasteiger partial charge is 0.311 e. The van der Waals surface area contributed by atoms with Crippen molar-refractivity contribution in [2.75, 3.05) is 13.2 Å². The van der Waals surface area contributed by atoms with E-state index >= 15 is 0 Å². The number of hydrogen-bond donors (Lipinski definition) is 1. The molecule has 3 atom stereocenters. The number of aliphatic hydroxyl groups excluding tert-OH is 1. The highest BCUT2D eigenvalue weighted by atomic mass is 16.5. The summed E-state index contributed by atoms with van der Waals surface area (Å²) >= 11 is 0. The third kappa shape index (κ3) is 16.7. The van der Waals surface area contributed by atoms with Crippen molar-refractivity contribution in [3.05, 3.63) is 0 Å². The van der Waals surface area contributed by atoms with E-state index < -0.39 is 0 Å². The van der Waals surface area contributed by atoms with Gasteiger partial charge in [0.2, 0.25) is 0 Å². The summed E-state index contributed by atoms with van der Waals surface area (Å²) in [5.74, 6) is 2.57. The van der Waals surface area contributed by atoms with Gasteiger partial charge in [0.25, 0.3) is 0 Å². The predicted octanol–water partition coefficient (Wildman–Crippen LogP) is 8.86. The van der Waals surface area contributed by atoms with E-state index in [4.69, 9.17) is 9.84 Å². The van der Waals surface area contributed by atoms with Crippen LogP contribution in [0.3, 0.4) is 0 Å². The van der Waals surface area contributed by atoms with Crippen molar-refractivity contribution >= 4 is 5.97 Å². The van der Waals surface area contributed by atoms with E-state index in [1.807, 2.05) is 20.8 Å². The lowest BCUT2D eigenvalue weighted by Crippen LogP contribution is -2.23. The van der Waals surface area contributed by atoms with Crippen LogP contribution in [-0.4, -0.2) is 24.3 Å². The molecule has 1 N–H and O–H groups in total. The molecule has 196 valence electrons. The highest BCUT2D eigenvalue weighted by Crippen LogP contribution is 2.48.